The van der Waals surface area contributed by atoms with Crippen molar-refractivity contribution in [3.8, 4) is 0 Å². The van der Waals surface area contributed by atoms with Crippen molar-refractivity contribution in [2.24, 2.45) is 5.92 Å². The van der Waals surface area contributed by atoms with Gasteiger partial charge in [-0.15, -0.1) is 0 Å². The molecule has 0 spiro atoms. The lowest BCUT2D eigenvalue weighted by Crippen LogP contribution is -2.56. The summed E-state index contributed by atoms with van der Waals surface area (Å²) < 4.78 is 0. The molecule has 0 fully saturated rings. The first-order chi connectivity index (χ1) is 18.2. The van der Waals surface area contributed by atoms with Crippen LogP contribution in [0.3, 0.4) is 0 Å². The number of fused-ring (bicyclic) bond motifs is 1. The molecule has 0 aliphatic carbocycles. The third-order valence-electron chi connectivity index (χ3n) is 6.09. The van der Waals surface area contributed by atoms with Gasteiger partial charge < -0.3 is 26.0 Å². The van der Waals surface area contributed by atoms with Gasteiger partial charge in [-0.2, -0.15) is 0 Å². The molecule has 0 aliphatic rings. The van der Waals surface area contributed by atoms with E-state index < -0.39 is 48.1 Å². The van der Waals surface area contributed by atoms with Crippen molar-refractivity contribution < 1.29 is 29.1 Å². The number of Topliss-reactive ketones (excluding diaryl/α,β-unsaturated/α-hetero) is 1. The number of rotatable bonds is 14. The highest BCUT2D eigenvalue weighted by Gasteiger charge is 2.31. The molecule has 0 radical (unpaired) electrons. The first-order valence-electron chi connectivity index (χ1n) is 12.4. The number of carbonyl (C=O) groups is 5. The summed E-state index contributed by atoms with van der Waals surface area (Å²) in [5, 5.41) is 18.0. The van der Waals surface area contributed by atoms with Crippen molar-refractivity contribution in [1.82, 2.24) is 20.9 Å². The van der Waals surface area contributed by atoms with Crippen LogP contribution < -0.4 is 16.0 Å². The van der Waals surface area contributed by atoms with E-state index in [0.717, 1.165) is 16.5 Å². The predicted octanol–water partition coefficient (Wildman–Crippen LogP) is 2.20. The third kappa shape index (κ3) is 7.52. The summed E-state index contributed by atoms with van der Waals surface area (Å²) in [6.07, 6.45) is 1.99. The van der Waals surface area contributed by atoms with Crippen molar-refractivity contribution in [3.63, 3.8) is 0 Å². The van der Waals surface area contributed by atoms with Gasteiger partial charge >= 0.3 is 5.97 Å². The quantitative estimate of drug-likeness (QED) is 0.162. The zero-order chi connectivity index (χ0) is 27.7. The highest BCUT2D eigenvalue weighted by molar-refractivity contribution is 6.04. The van der Waals surface area contributed by atoms with Gasteiger partial charge in [-0.05, 0) is 24.0 Å². The van der Waals surface area contributed by atoms with E-state index in [9.17, 15) is 29.1 Å². The lowest BCUT2D eigenvalue weighted by Gasteiger charge is -2.25. The van der Waals surface area contributed by atoms with Gasteiger partial charge in [-0.1, -0.05) is 62.4 Å². The normalized spacial score (nSPS) is 13.3. The molecule has 3 aromatic rings. The van der Waals surface area contributed by atoms with Gasteiger partial charge in [-0.3, -0.25) is 24.0 Å². The summed E-state index contributed by atoms with van der Waals surface area (Å²) in [5.41, 5.74) is 1.96. The minimum atomic E-state index is -1.32. The van der Waals surface area contributed by atoms with Crippen LogP contribution >= 0.6 is 0 Å². The number of aliphatic carboxylic acids is 1. The van der Waals surface area contributed by atoms with Crippen LogP contribution in [0.15, 0.2) is 60.8 Å². The second kappa shape index (κ2) is 13.2. The molecule has 0 unspecified atom stereocenters. The maximum absolute atomic E-state index is 13.2. The van der Waals surface area contributed by atoms with Crippen molar-refractivity contribution >= 4 is 40.9 Å². The minimum absolute atomic E-state index is 0.0140. The smallest absolute Gasteiger partial charge is 0.305 e. The number of carbonyl (C=O) groups excluding carboxylic acids is 4. The summed E-state index contributed by atoms with van der Waals surface area (Å²) in [7, 11) is 0. The summed E-state index contributed by atoms with van der Waals surface area (Å²) in [6, 6.07) is 12.3. The molecule has 3 amide bonds. The van der Waals surface area contributed by atoms with Crippen molar-refractivity contribution in [3.05, 3.63) is 71.9 Å². The van der Waals surface area contributed by atoms with Gasteiger partial charge in [0.05, 0.1) is 6.42 Å². The topological polar surface area (TPSA) is 157 Å². The Bertz CT molecular complexity index is 1290. The van der Waals surface area contributed by atoms with Gasteiger partial charge in [0.15, 0.2) is 5.78 Å². The predicted molar refractivity (Wildman–Crippen MR) is 141 cm³/mol. The Hall–Kier alpha value is -4.47. The Morgan fingerprint density at radius 2 is 1.53 bits per heavy atom. The molecule has 0 saturated carbocycles. The number of H-pyrrole nitrogens is 1. The number of aromatic amines is 1. The number of carboxylic acid groups (broad SMARTS) is 1. The van der Waals surface area contributed by atoms with E-state index in [0.29, 0.717) is 6.41 Å². The number of para-hydroxylation sites is 1. The average Bonchev–Trinajstić information content (AvgIpc) is 3.30. The van der Waals surface area contributed by atoms with Crippen molar-refractivity contribution in [2.45, 2.75) is 51.2 Å². The zero-order valence-electron chi connectivity index (χ0n) is 21.3. The average molecular weight is 521 g/mol. The van der Waals surface area contributed by atoms with E-state index >= 15 is 0 Å². The molecule has 3 atom stereocenters. The summed E-state index contributed by atoms with van der Waals surface area (Å²) >= 11 is 0. The SMILES string of the molecule is CC(C)C[C@H](NC(=O)[C@H](Cc1c[nH]c2ccccc12)NC=O)C(=O)N[C@@H](CC(=O)O)C(=O)c1ccccc1. The molecule has 5 N–H and O–H groups in total. The van der Waals surface area contributed by atoms with Crippen LogP contribution in [-0.4, -0.2) is 58.2 Å². The van der Waals surface area contributed by atoms with Crippen LogP contribution in [0.25, 0.3) is 10.9 Å². The number of ketones is 1. The van der Waals surface area contributed by atoms with Crippen LogP contribution in [-0.2, 0) is 25.6 Å². The highest BCUT2D eigenvalue weighted by Crippen LogP contribution is 2.19. The second-order valence-electron chi connectivity index (χ2n) is 9.48. The van der Waals surface area contributed by atoms with E-state index in [2.05, 4.69) is 20.9 Å². The number of benzene rings is 2. The van der Waals surface area contributed by atoms with Crippen LogP contribution in [0, 0.1) is 5.92 Å². The minimum Gasteiger partial charge on any atom is -0.481 e. The van der Waals surface area contributed by atoms with Crippen LogP contribution in [0.2, 0.25) is 0 Å². The number of hydrogen-bond donors (Lipinski definition) is 5. The molecule has 10 nitrogen and oxygen atoms in total. The van der Waals surface area contributed by atoms with E-state index in [1.54, 1.807) is 24.4 Å². The van der Waals surface area contributed by atoms with Crippen LogP contribution in [0.5, 0.6) is 0 Å². The number of carboxylic acids is 1. The largest absolute Gasteiger partial charge is 0.481 e. The fourth-order valence-electron chi connectivity index (χ4n) is 4.26. The fraction of sp³-hybridized carbons (Fsp3) is 0.321. The van der Waals surface area contributed by atoms with Crippen molar-refractivity contribution in [2.75, 3.05) is 0 Å². The Morgan fingerprint density at radius 3 is 2.18 bits per heavy atom. The summed E-state index contributed by atoms with van der Waals surface area (Å²) in [4.78, 5) is 65.3. The van der Waals surface area contributed by atoms with E-state index in [1.165, 1.54) is 12.1 Å². The lowest BCUT2D eigenvalue weighted by molar-refractivity contribution is -0.137. The first kappa shape index (κ1) is 28.1. The summed E-state index contributed by atoms with van der Waals surface area (Å²) in [5.74, 6) is -3.07. The standard InChI is InChI=1S/C28H32N4O6/c1-17(2)12-24(28(38)31-22(14-25(34)35)26(36)18-8-4-3-5-9-18)32-27(37)23(30-16-33)13-19-15-29-21-11-7-6-10-20(19)21/h3-11,15-17,22-24,29H,12-14H2,1-2H3,(H,30,33)(H,31,38)(H,32,37)(H,34,35)/t22-,23-,24-/m0/s1. The molecule has 0 saturated heterocycles. The number of amides is 3. The molecular formula is C28H32N4O6. The first-order valence-corrected chi connectivity index (χ1v) is 12.4. The Balaban J connectivity index is 1.77. The third-order valence-corrected chi connectivity index (χ3v) is 6.09. The van der Waals surface area contributed by atoms with Gasteiger partial charge in [0, 0.05) is 29.1 Å². The van der Waals surface area contributed by atoms with Gasteiger partial charge in [0.2, 0.25) is 18.2 Å². The maximum Gasteiger partial charge on any atom is 0.305 e. The second-order valence-corrected chi connectivity index (χ2v) is 9.48. The Morgan fingerprint density at radius 1 is 0.895 bits per heavy atom. The molecule has 38 heavy (non-hydrogen) atoms. The lowest BCUT2D eigenvalue weighted by atomic mass is 9.98. The van der Waals surface area contributed by atoms with E-state index in [1.807, 2.05) is 38.1 Å². The van der Waals surface area contributed by atoms with Gasteiger partial charge in [0.25, 0.3) is 0 Å². The Kier molecular flexibility index (Phi) is 9.75. The fourth-order valence-corrected chi connectivity index (χ4v) is 4.26. The van der Waals surface area contributed by atoms with Gasteiger partial charge in [0.1, 0.15) is 18.1 Å². The Labute approximate surface area is 220 Å². The molecular weight excluding hydrogens is 488 g/mol. The summed E-state index contributed by atoms with van der Waals surface area (Å²) in [6.45, 7) is 3.73. The molecule has 200 valence electrons. The zero-order valence-corrected chi connectivity index (χ0v) is 21.3. The van der Waals surface area contributed by atoms with E-state index in [-0.39, 0.29) is 24.3 Å². The molecule has 3 rings (SSSR count). The monoisotopic (exact) mass is 520 g/mol. The number of hydrogen-bond acceptors (Lipinski definition) is 5. The van der Waals surface area contributed by atoms with Gasteiger partial charge in [-0.25, -0.2) is 0 Å². The molecule has 1 aromatic heterocycles. The number of aromatic nitrogens is 1. The molecule has 2 aromatic carbocycles. The number of nitrogens with one attached hydrogen (secondary N) is 4. The molecule has 0 bridgehead atoms. The molecule has 1 heterocycles. The molecule has 10 heteroatoms. The maximum atomic E-state index is 13.2. The highest BCUT2D eigenvalue weighted by atomic mass is 16.4. The van der Waals surface area contributed by atoms with E-state index in [4.69, 9.17) is 0 Å². The van der Waals surface area contributed by atoms with Crippen LogP contribution in [0.4, 0.5) is 0 Å². The van der Waals surface area contributed by atoms with Crippen molar-refractivity contribution in [1.29, 1.82) is 0 Å². The van der Waals surface area contributed by atoms with Crippen LogP contribution in [0.1, 0.15) is 42.6 Å². The molecule has 0 aliphatic heterocycles.